The van der Waals surface area contributed by atoms with Crippen molar-refractivity contribution >= 4 is 17.4 Å². The molecule has 0 bridgehead atoms. The highest BCUT2D eigenvalue weighted by Gasteiger charge is 2.29. The van der Waals surface area contributed by atoms with Crippen LogP contribution in [0.25, 0.3) is 0 Å². The van der Waals surface area contributed by atoms with E-state index < -0.39 is 11.6 Å². The van der Waals surface area contributed by atoms with Gasteiger partial charge < -0.3 is 10.6 Å². The predicted octanol–water partition coefficient (Wildman–Crippen LogP) is 3.57. The minimum atomic E-state index is -0.473. The Balaban J connectivity index is 2.28. The molecular weight excluding hydrogens is 290 g/mol. The normalized spacial score (nSPS) is 24.2. The fourth-order valence-electron chi connectivity index (χ4n) is 2.71. The Morgan fingerprint density at radius 3 is 2.52 bits per heavy atom. The monoisotopic (exact) mass is 314 g/mol. The first-order valence-electron chi connectivity index (χ1n) is 7.55. The summed E-state index contributed by atoms with van der Waals surface area (Å²) in [4.78, 5) is 1.86. The molecule has 0 amide bonds. The van der Waals surface area contributed by atoms with E-state index >= 15 is 0 Å². The number of thioether (sulfide) groups is 1. The molecule has 118 valence electrons. The maximum atomic E-state index is 14.4. The molecule has 3 unspecified atom stereocenters. The van der Waals surface area contributed by atoms with Crippen molar-refractivity contribution in [1.82, 2.24) is 0 Å². The molecule has 0 radical (unpaired) electrons. The minimum absolute atomic E-state index is 0.0556. The van der Waals surface area contributed by atoms with Crippen molar-refractivity contribution in [1.29, 1.82) is 0 Å². The lowest BCUT2D eigenvalue weighted by molar-refractivity contribution is 0.539. The van der Waals surface area contributed by atoms with Crippen molar-refractivity contribution in [3.8, 4) is 0 Å². The molecule has 0 spiro atoms. The average Bonchev–Trinajstić information content (AvgIpc) is 2.42. The second-order valence-electron chi connectivity index (χ2n) is 5.79. The van der Waals surface area contributed by atoms with Gasteiger partial charge in [0.2, 0.25) is 0 Å². The number of nitrogens with zero attached hydrogens (tertiary/aromatic N) is 1. The molecule has 1 heterocycles. The number of nitrogens with two attached hydrogens (primary N) is 1. The summed E-state index contributed by atoms with van der Waals surface area (Å²) in [6, 6.07) is 2.94. The SMILES string of the molecule is CCC(N)Cc1cc(F)c(N2CCSC(C)C2C)c(F)c1. The summed E-state index contributed by atoms with van der Waals surface area (Å²) in [5.41, 5.74) is 6.62. The van der Waals surface area contributed by atoms with Gasteiger partial charge in [0, 0.05) is 29.6 Å². The first kappa shape index (κ1) is 16.6. The molecule has 21 heavy (non-hydrogen) atoms. The zero-order valence-corrected chi connectivity index (χ0v) is 13.7. The summed E-state index contributed by atoms with van der Waals surface area (Å²) in [6.07, 6.45) is 1.30. The van der Waals surface area contributed by atoms with Gasteiger partial charge in [-0.3, -0.25) is 0 Å². The van der Waals surface area contributed by atoms with Gasteiger partial charge in [0.15, 0.2) is 0 Å². The quantitative estimate of drug-likeness (QED) is 0.921. The van der Waals surface area contributed by atoms with Crippen LogP contribution in [0.3, 0.4) is 0 Å². The Morgan fingerprint density at radius 2 is 1.95 bits per heavy atom. The Morgan fingerprint density at radius 1 is 1.33 bits per heavy atom. The summed E-state index contributed by atoms with van der Waals surface area (Å²) in [5.74, 6) is -0.0501. The second kappa shape index (κ2) is 6.97. The topological polar surface area (TPSA) is 29.3 Å². The minimum Gasteiger partial charge on any atom is -0.362 e. The molecule has 1 aliphatic rings. The molecule has 1 fully saturated rings. The number of anilines is 1. The van der Waals surface area contributed by atoms with Gasteiger partial charge in [-0.15, -0.1) is 0 Å². The molecule has 1 aromatic carbocycles. The molecule has 2 N–H and O–H groups in total. The summed E-state index contributed by atoms with van der Waals surface area (Å²) < 4.78 is 28.8. The molecule has 0 saturated carbocycles. The van der Waals surface area contributed by atoms with Crippen LogP contribution in [0.5, 0.6) is 0 Å². The van der Waals surface area contributed by atoms with Crippen molar-refractivity contribution in [2.75, 3.05) is 17.2 Å². The van der Waals surface area contributed by atoms with Gasteiger partial charge in [0.05, 0.1) is 0 Å². The van der Waals surface area contributed by atoms with Crippen LogP contribution in [0.15, 0.2) is 12.1 Å². The first-order chi connectivity index (χ1) is 9.93. The van der Waals surface area contributed by atoms with Gasteiger partial charge in [-0.05, 0) is 37.5 Å². The smallest absolute Gasteiger partial charge is 0.149 e. The largest absolute Gasteiger partial charge is 0.362 e. The van der Waals surface area contributed by atoms with Gasteiger partial charge >= 0.3 is 0 Å². The number of hydrogen-bond donors (Lipinski definition) is 1. The van der Waals surface area contributed by atoms with Gasteiger partial charge in [-0.2, -0.15) is 11.8 Å². The number of benzene rings is 1. The molecule has 1 saturated heterocycles. The van der Waals surface area contributed by atoms with E-state index in [9.17, 15) is 8.78 Å². The Bertz CT molecular complexity index is 472. The van der Waals surface area contributed by atoms with Crippen molar-refractivity contribution < 1.29 is 8.78 Å². The maximum Gasteiger partial charge on any atom is 0.149 e. The lowest BCUT2D eigenvalue weighted by atomic mass is 10.0. The standard InChI is InChI=1S/C16H24F2N2S/c1-4-13(19)7-12-8-14(17)16(15(18)9-12)20-5-6-21-11(3)10(20)2/h8-11,13H,4-7,19H2,1-3H3. The van der Waals surface area contributed by atoms with E-state index in [4.69, 9.17) is 5.73 Å². The lowest BCUT2D eigenvalue weighted by Gasteiger charge is -2.39. The van der Waals surface area contributed by atoms with Crippen LogP contribution in [-0.2, 0) is 6.42 Å². The highest BCUT2D eigenvalue weighted by molar-refractivity contribution is 8.00. The van der Waals surface area contributed by atoms with Gasteiger partial charge in [0.25, 0.3) is 0 Å². The van der Waals surface area contributed by atoms with Gasteiger partial charge in [-0.1, -0.05) is 13.8 Å². The number of rotatable bonds is 4. The zero-order valence-electron chi connectivity index (χ0n) is 12.9. The molecule has 1 aromatic rings. The third kappa shape index (κ3) is 3.69. The molecular formula is C16H24F2N2S. The molecule has 5 heteroatoms. The first-order valence-corrected chi connectivity index (χ1v) is 8.60. The third-order valence-electron chi connectivity index (χ3n) is 4.27. The summed E-state index contributed by atoms with van der Waals surface area (Å²) in [7, 11) is 0. The third-order valence-corrected chi connectivity index (χ3v) is 5.61. The van der Waals surface area contributed by atoms with Crippen LogP contribution in [0, 0.1) is 11.6 Å². The summed E-state index contributed by atoms with van der Waals surface area (Å²) in [6.45, 7) is 6.78. The van der Waals surface area contributed by atoms with Crippen molar-refractivity contribution in [2.24, 2.45) is 5.73 Å². The molecule has 1 aliphatic heterocycles. The molecule has 0 aromatic heterocycles. The molecule has 3 atom stereocenters. The van der Waals surface area contributed by atoms with Crippen LogP contribution in [0.2, 0.25) is 0 Å². The van der Waals surface area contributed by atoms with E-state index in [0.29, 0.717) is 23.8 Å². The highest BCUT2D eigenvalue weighted by atomic mass is 32.2. The summed E-state index contributed by atoms with van der Waals surface area (Å²) >= 11 is 1.85. The van der Waals surface area contributed by atoms with Crippen LogP contribution in [-0.4, -0.2) is 29.6 Å². The average molecular weight is 314 g/mol. The van der Waals surface area contributed by atoms with E-state index in [0.717, 1.165) is 12.2 Å². The van der Waals surface area contributed by atoms with Gasteiger partial charge in [-0.25, -0.2) is 8.78 Å². The number of halogens is 2. The van der Waals surface area contributed by atoms with Crippen molar-refractivity contribution in [2.45, 2.75) is 50.9 Å². The fourth-order valence-corrected chi connectivity index (χ4v) is 3.81. The molecule has 2 rings (SSSR count). The fraction of sp³-hybridized carbons (Fsp3) is 0.625. The van der Waals surface area contributed by atoms with Crippen molar-refractivity contribution in [3.05, 3.63) is 29.3 Å². The Kier molecular flexibility index (Phi) is 5.49. The van der Waals surface area contributed by atoms with E-state index in [1.807, 2.05) is 30.5 Å². The maximum absolute atomic E-state index is 14.4. The Hall–Kier alpha value is -0.810. The molecule has 0 aliphatic carbocycles. The van der Waals surface area contributed by atoms with Crippen LogP contribution < -0.4 is 10.6 Å². The van der Waals surface area contributed by atoms with E-state index in [1.165, 1.54) is 12.1 Å². The second-order valence-corrected chi connectivity index (χ2v) is 7.28. The lowest BCUT2D eigenvalue weighted by Crippen LogP contribution is -2.45. The zero-order chi connectivity index (χ0) is 15.6. The van der Waals surface area contributed by atoms with Crippen LogP contribution >= 0.6 is 11.8 Å². The van der Waals surface area contributed by atoms with Gasteiger partial charge in [0.1, 0.15) is 17.3 Å². The van der Waals surface area contributed by atoms with Crippen LogP contribution in [0.1, 0.15) is 32.8 Å². The molecule has 2 nitrogen and oxygen atoms in total. The van der Waals surface area contributed by atoms with Crippen LogP contribution in [0.4, 0.5) is 14.5 Å². The van der Waals surface area contributed by atoms with Crippen molar-refractivity contribution in [3.63, 3.8) is 0 Å². The highest BCUT2D eigenvalue weighted by Crippen LogP contribution is 2.33. The Labute approximate surface area is 130 Å². The predicted molar refractivity (Wildman–Crippen MR) is 87.1 cm³/mol. The number of hydrogen-bond acceptors (Lipinski definition) is 3. The summed E-state index contributed by atoms with van der Waals surface area (Å²) in [5, 5.41) is 0.366. The van der Waals surface area contributed by atoms with E-state index in [1.54, 1.807) is 0 Å². The van der Waals surface area contributed by atoms with E-state index in [-0.39, 0.29) is 17.8 Å². The van der Waals surface area contributed by atoms with E-state index in [2.05, 4.69) is 6.92 Å².